The summed E-state index contributed by atoms with van der Waals surface area (Å²) in [5.41, 5.74) is 7.20. The van der Waals surface area contributed by atoms with Crippen molar-refractivity contribution in [3.8, 4) is 0 Å². The minimum atomic E-state index is -0.246. The predicted octanol–water partition coefficient (Wildman–Crippen LogP) is 7.62. The summed E-state index contributed by atoms with van der Waals surface area (Å²) in [5.74, 6) is 1.30. The Morgan fingerprint density at radius 2 is 1.81 bits per heavy atom. The minimum Gasteiger partial charge on any atom is -0.456 e. The first-order chi connectivity index (χ1) is 17.8. The van der Waals surface area contributed by atoms with E-state index in [1.165, 1.54) is 0 Å². The highest BCUT2D eigenvalue weighted by Crippen LogP contribution is 2.32. The summed E-state index contributed by atoms with van der Waals surface area (Å²) in [5, 5.41) is 8.18. The lowest BCUT2D eigenvalue weighted by atomic mass is 9.94. The van der Waals surface area contributed by atoms with Gasteiger partial charge in [0.2, 0.25) is 5.91 Å². The van der Waals surface area contributed by atoms with Crippen molar-refractivity contribution in [3.05, 3.63) is 129 Å². The number of carbonyl (C=O) groups excluding carboxylic acids is 1. The molecular formula is C31H27BrN2O3. The number of amides is 1. The van der Waals surface area contributed by atoms with Gasteiger partial charge in [-0.05, 0) is 73.4 Å². The fourth-order valence-corrected chi connectivity index (χ4v) is 5.21. The number of hydrogen-bond acceptors (Lipinski definition) is 4. The molecule has 5 nitrogen and oxygen atoms in total. The molecule has 1 N–H and O–H groups in total. The molecule has 5 rings (SSSR count). The second-order valence-corrected chi connectivity index (χ2v) is 10.2. The number of fused-ring (bicyclic) bond motifs is 1. The van der Waals surface area contributed by atoms with E-state index in [1.807, 2.05) is 74.5 Å². The average Bonchev–Trinajstić information content (AvgIpc) is 3.45. The first-order valence-corrected chi connectivity index (χ1v) is 12.8. The van der Waals surface area contributed by atoms with Crippen LogP contribution in [0.15, 0.2) is 92.8 Å². The predicted molar refractivity (Wildman–Crippen MR) is 149 cm³/mol. The molecule has 2 aromatic heterocycles. The van der Waals surface area contributed by atoms with Gasteiger partial charge in [0.15, 0.2) is 0 Å². The summed E-state index contributed by atoms with van der Waals surface area (Å²) < 4.78 is 12.3. The van der Waals surface area contributed by atoms with Crippen LogP contribution in [0.1, 0.15) is 51.1 Å². The van der Waals surface area contributed by atoms with Gasteiger partial charge in [-0.25, -0.2) is 0 Å². The van der Waals surface area contributed by atoms with E-state index in [-0.39, 0.29) is 18.4 Å². The van der Waals surface area contributed by atoms with E-state index in [9.17, 15) is 4.79 Å². The number of nitrogens with zero attached hydrogens (tertiary/aromatic N) is 1. The third kappa shape index (κ3) is 5.16. The zero-order valence-electron chi connectivity index (χ0n) is 21.0. The van der Waals surface area contributed by atoms with Crippen molar-refractivity contribution in [2.24, 2.45) is 0 Å². The number of furan rings is 1. The summed E-state index contributed by atoms with van der Waals surface area (Å²) in [6, 6.07) is 23.7. The highest BCUT2D eigenvalue weighted by molar-refractivity contribution is 9.10. The topological polar surface area (TPSA) is 68.3 Å². The lowest BCUT2D eigenvalue weighted by Gasteiger charge is -2.22. The van der Waals surface area contributed by atoms with Crippen molar-refractivity contribution in [2.75, 3.05) is 0 Å². The normalized spacial score (nSPS) is 12.0. The third-order valence-electron chi connectivity index (χ3n) is 6.56. The van der Waals surface area contributed by atoms with Crippen LogP contribution >= 0.6 is 15.9 Å². The van der Waals surface area contributed by atoms with Crippen molar-refractivity contribution < 1.29 is 13.7 Å². The average molecular weight is 555 g/mol. The van der Waals surface area contributed by atoms with Gasteiger partial charge in [0, 0.05) is 15.4 Å². The Bertz CT molecular complexity index is 1600. The Hall–Kier alpha value is -3.90. The van der Waals surface area contributed by atoms with E-state index in [0.29, 0.717) is 11.5 Å². The van der Waals surface area contributed by atoms with Crippen LogP contribution in [0.4, 0.5) is 0 Å². The maximum atomic E-state index is 13.3. The molecular weight excluding hydrogens is 528 g/mol. The molecule has 0 saturated carbocycles. The van der Waals surface area contributed by atoms with Crippen LogP contribution in [0.2, 0.25) is 0 Å². The molecule has 1 atom stereocenters. The number of rotatable bonds is 7. The molecule has 0 aliphatic rings. The number of carbonyl (C=O) groups is 1. The monoisotopic (exact) mass is 554 g/mol. The fraction of sp³-hybridized carbons (Fsp3) is 0.161. The second kappa shape index (κ2) is 10.2. The molecule has 0 aliphatic carbocycles. The molecule has 2 heterocycles. The molecule has 3 aromatic carbocycles. The quantitative estimate of drug-likeness (QED) is 0.224. The maximum absolute atomic E-state index is 13.3. The highest BCUT2D eigenvalue weighted by atomic mass is 79.9. The van der Waals surface area contributed by atoms with E-state index in [4.69, 9.17) is 8.94 Å². The van der Waals surface area contributed by atoms with Gasteiger partial charge in [0.1, 0.15) is 17.1 Å². The number of benzene rings is 3. The molecule has 6 heteroatoms. The Morgan fingerprint density at radius 1 is 1.03 bits per heavy atom. The van der Waals surface area contributed by atoms with Gasteiger partial charge >= 0.3 is 0 Å². The molecule has 0 fully saturated rings. The molecule has 0 spiro atoms. The van der Waals surface area contributed by atoms with Crippen molar-refractivity contribution in [1.29, 1.82) is 0 Å². The van der Waals surface area contributed by atoms with Crippen LogP contribution in [0.25, 0.3) is 16.5 Å². The maximum Gasteiger partial charge on any atom is 0.225 e. The van der Waals surface area contributed by atoms with Gasteiger partial charge in [0.25, 0.3) is 0 Å². The van der Waals surface area contributed by atoms with E-state index < -0.39 is 0 Å². The highest BCUT2D eigenvalue weighted by Gasteiger charge is 2.20. The number of aromatic nitrogens is 1. The molecule has 0 radical (unpaired) electrons. The first kappa shape index (κ1) is 24.8. The van der Waals surface area contributed by atoms with Gasteiger partial charge in [-0.3, -0.25) is 4.79 Å². The van der Waals surface area contributed by atoms with Gasteiger partial charge in [0.05, 0.1) is 23.7 Å². The van der Waals surface area contributed by atoms with Crippen molar-refractivity contribution >= 4 is 38.4 Å². The number of nitrogens with one attached hydrogen (secondary N) is 1. The molecule has 0 bridgehead atoms. The largest absolute Gasteiger partial charge is 0.456 e. The van der Waals surface area contributed by atoms with Crippen LogP contribution in [0.3, 0.4) is 0 Å². The number of hydrogen-bond donors (Lipinski definition) is 1. The summed E-state index contributed by atoms with van der Waals surface area (Å²) in [4.78, 5) is 13.3. The van der Waals surface area contributed by atoms with Crippen molar-refractivity contribution in [3.63, 3.8) is 0 Å². The van der Waals surface area contributed by atoms with E-state index in [1.54, 1.807) is 0 Å². The Labute approximate surface area is 224 Å². The fourth-order valence-electron chi connectivity index (χ4n) is 4.74. The van der Waals surface area contributed by atoms with Gasteiger partial charge < -0.3 is 14.3 Å². The Kier molecular flexibility index (Phi) is 6.85. The van der Waals surface area contributed by atoms with Gasteiger partial charge in [-0.1, -0.05) is 70.1 Å². The lowest BCUT2D eigenvalue weighted by Crippen LogP contribution is -2.31. The van der Waals surface area contributed by atoms with Crippen LogP contribution < -0.4 is 5.32 Å². The SMILES string of the molecule is C=C(c1cc2cc(CC(=O)NC(c3ccccc3)c3ccc(Br)cc3C)ccc2o1)c1c(C)noc1C. The molecule has 0 aliphatic heterocycles. The zero-order chi connectivity index (χ0) is 26.1. The summed E-state index contributed by atoms with van der Waals surface area (Å²) in [6.07, 6.45) is 0.250. The summed E-state index contributed by atoms with van der Waals surface area (Å²) >= 11 is 3.54. The molecule has 186 valence electrons. The van der Waals surface area contributed by atoms with Crippen molar-refractivity contribution in [1.82, 2.24) is 10.5 Å². The Balaban J connectivity index is 1.38. The van der Waals surface area contributed by atoms with Crippen LogP contribution in [-0.2, 0) is 11.2 Å². The molecule has 1 amide bonds. The standard InChI is InChI=1S/C31H27BrN2O3/c1-18-14-25(32)11-12-26(18)31(23-8-6-5-7-9-23)33-29(35)16-22-10-13-27-24(15-22)17-28(36-27)19(2)30-20(3)34-37-21(30)4/h5-15,17,31H,2,16H2,1,3-4H3,(H,33,35). The zero-order valence-corrected chi connectivity index (χ0v) is 22.6. The lowest BCUT2D eigenvalue weighted by molar-refractivity contribution is -0.120. The van der Waals surface area contributed by atoms with Crippen LogP contribution in [0.5, 0.6) is 0 Å². The minimum absolute atomic E-state index is 0.0561. The van der Waals surface area contributed by atoms with Gasteiger partial charge in [-0.2, -0.15) is 0 Å². The van der Waals surface area contributed by atoms with Crippen LogP contribution in [0, 0.1) is 20.8 Å². The molecule has 5 aromatic rings. The van der Waals surface area contributed by atoms with Gasteiger partial charge in [-0.15, -0.1) is 0 Å². The second-order valence-electron chi connectivity index (χ2n) is 9.25. The van der Waals surface area contributed by atoms with Crippen molar-refractivity contribution in [2.45, 2.75) is 33.2 Å². The Morgan fingerprint density at radius 3 is 2.51 bits per heavy atom. The molecule has 37 heavy (non-hydrogen) atoms. The van der Waals surface area contributed by atoms with E-state index >= 15 is 0 Å². The smallest absolute Gasteiger partial charge is 0.225 e. The summed E-state index contributed by atoms with van der Waals surface area (Å²) in [6.45, 7) is 10.00. The summed E-state index contributed by atoms with van der Waals surface area (Å²) in [7, 11) is 0. The van der Waals surface area contributed by atoms with Crippen LogP contribution in [-0.4, -0.2) is 11.1 Å². The molecule has 1 unspecified atom stereocenters. The first-order valence-electron chi connectivity index (χ1n) is 12.1. The molecule has 0 saturated heterocycles. The third-order valence-corrected chi connectivity index (χ3v) is 7.05. The van der Waals surface area contributed by atoms with E-state index in [2.05, 4.69) is 52.0 Å². The van der Waals surface area contributed by atoms with E-state index in [0.717, 1.165) is 54.5 Å². The number of halogens is 1. The number of aryl methyl sites for hydroxylation is 3.